The summed E-state index contributed by atoms with van der Waals surface area (Å²) in [4.78, 5) is 25.8. The number of rotatable bonds is 4. The van der Waals surface area contributed by atoms with Crippen molar-refractivity contribution >= 4 is 29.3 Å². The molecule has 2 aliphatic rings. The molecule has 2 atom stereocenters. The van der Waals surface area contributed by atoms with Gasteiger partial charge in [0.1, 0.15) is 5.37 Å². The lowest BCUT2D eigenvalue weighted by atomic mass is 10.1. The fraction of sp³-hybridized carbons (Fsp3) is 0.300. The minimum atomic E-state index is -0.105. The average molecular weight is 384 g/mol. The van der Waals surface area contributed by atoms with Crippen LogP contribution in [0.1, 0.15) is 30.3 Å². The van der Waals surface area contributed by atoms with E-state index in [9.17, 15) is 9.59 Å². The van der Waals surface area contributed by atoms with E-state index in [-0.39, 0.29) is 29.2 Å². The summed E-state index contributed by atoms with van der Waals surface area (Å²) in [6.07, 6.45) is 0. The molecule has 6 nitrogen and oxygen atoms in total. The Labute approximate surface area is 161 Å². The second-order valence-electron chi connectivity index (χ2n) is 6.59. The van der Waals surface area contributed by atoms with E-state index < -0.39 is 0 Å². The summed E-state index contributed by atoms with van der Waals surface area (Å²) in [6.45, 7) is 4.15. The predicted octanol–water partition coefficient (Wildman–Crippen LogP) is 3.54. The van der Waals surface area contributed by atoms with Gasteiger partial charge < -0.3 is 19.7 Å². The van der Waals surface area contributed by atoms with Crippen LogP contribution in [0.25, 0.3) is 0 Å². The molecule has 140 valence electrons. The van der Waals surface area contributed by atoms with Gasteiger partial charge in [0.2, 0.25) is 18.6 Å². The summed E-state index contributed by atoms with van der Waals surface area (Å²) in [7, 11) is 0. The standard InChI is InChI=1S/C20H20N2O4S/c1-12-19(24)22(10-14-3-8-17-18(9-14)26-11-25-17)20(27-12)15-4-6-16(7-5-15)21-13(2)23/h3-9,12,20H,10-11H2,1-2H3,(H,21,23)/t12-,20-/m1/s1. The molecule has 4 rings (SSSR count). The molecule has 2 amide bonds. The average Bonchev–Trinajstić information content (AvgIpc) is 3.21. The minimum absolute atomic E-state index is 0.0655. The number of ether oxygens (including phenoxy) is 2. The first-order valence-corrected chi connectivity index (χ1v) is 9.67. The third kappa shape index (κ3) is 3.60. The largest absolute Gasteiger partial charge is 0.454 e. The highest BCUT2D eigenvalue weighted by Crippen LogP contribution is 2.44. The summed E-state index contributed by atoms with van der Waals surface area (Å²) in [5.41, 5.74) is 2.78. The van der Waals surface area contributed by atoms with E-state index in [1.165, 1.54) is 6.92 Å². The Balaban J connectivity index is 1.56. The van der Waals surface area contributed by atoms with Crippen LogP contribution in [0.15, 0.2) is 42.5 Å². The molecule has 2 aliphatic heterocycles. The van der Waals surface area contributed by atoms with Crippen LogP contribution in [-0.2, 0) is 16.1 Å². The number of amides is 2. The highest BCUT2D eigenvalue weighted by molar-refractivity contribution is 8.01. The minimum Gasteiger partial charge on any atom is -0.454 e. The zero-order chi connectivity index (χ0) is 19.0. The van der Waals surface area contributed by atoms with Gasteiger partial charge in [-0.15, -0.1) is 11.8 Å². The van der Waals surface area contributed by atoms with Crippen molar-refractivity contribution in [2.24, 2.45) is 0 Å². The summed E-state index contributed by atoms with van der Waals surface area (Å²) >= 11 is 1.63. The normalized spacial score (nSPS) is 20.8. The number of nitrogens with one attached hydrogen (secondary N) is 1. The van der Waals surface area contributed by atoms with Crippen molar-refractivity contribution in [1.82, 2.24) is 4.90 Å². The Hall–Kier alpha value is -2.67. The van der Waals surface area contributed by atoms with Crippen molar-refractivity contribution in [3.63, 3.8) is 0 Å². The quantitative estimate of drug-likeness (QED) is 0.873. The highest BCUT2D eigenvalue weighted by atomic mass is 32.2. The number of fused-ring (bicyclic) bond motifs is 1. The first kappa shape index (κ1) is 17.7. The van der Waals surface area contributed by atoms with Gasteiger partial charge in [0.15, 0.2) is 11.5 Å². The van der Waals surface area contributed by atoms with E-state index in [2.05, 4.69) is 5.32 Å². The van der Waals surface area contributed by atoms with E-state index in [0.717, 1.165) is 28.3 Å². The van der Waals surface area contributed by atoms with Crippen molar-refractivity contribution in [3.05, 3.63) is 53.6 Å². The molecule has 7 heteroatoms. The predicted molar refractivity (Wildman–Crippen MR) is 104 cm³/mol. The van der Waals surface area contributed by atoms with Gasteiger partial charge >= 0.3 is 0 Å². The number of hydrogen-bond acceptors (Lipinski definition) is 5. The molecule has 0 bridgehead atoms. The van der Waals surface area contributed by atoms with E-state index in [4.69, 9.17) is 9.47 Å². The van der Waals surface area contributed by atoms with Gasteiger partial charge in [0.25, 0.3) is 0 Å². The lowest BCUT2D eigenvalue weighted by Crippen LogP contribution is -2.29. The van der Waals surface area contributed by atoms with Crippen molar-refractivity contribution in [3.8, 4) is 11.5 Å². The lowest BCUT2D eigenvalue weighted by Gasteiger charge is -2.24. The van der Waals surface area contributed by atoms with E-state index in [1.54, 1.807) is 11.8 Å². The zero-order valence-corrected chi connectivity index (χ0v) is 15.9. The summed E-state index contributed by atoms with van der Waals surface area (Å²) < 4.78 is 10.8. The third-order valence-electron chi connectivity index (χ3n) is 4.55. The molecule has 0 radical (unpaired) electrons. The molecule has 2 heterocycles. The first-order valence-electron chi connectivity index (χ1n) is 8.73. The Kier molecular flexibility index (Phi) is 4.70. The van der Waals surface area contributed by atoms with Gasteiger partial charge in [-0.05, 0) is 42.3 Å². The first-order chi connectivity index (χ1) is 13.0. The van der Waals surface area contributed by atoms with Gasteiger partial charge in [-0.3, -0.25) is 9.59 Å². The molecule has 1 N–H and O–H groups in total. The molecule has 0 saturated carbocycles. The summed E-state index contributed by atoms with van der Waals surface area (Å²) in [5.74, 6) is 1.47. The molecule has 27 heavy (non-hydrogen) atoms. The smallest absolute Gasteiger partial charge is 0.236 e. The molecule has 1 fully saturated rings. The van der Waals surface area contributed by atoms with Crippen LogP contribution in [0.5, 0.6) is 11.5 Å². The van der Waals surface area contributed by atoms with Crippen LogP contribution < -0.4 is 14.8 Å². The van der Waals surface area contributed by atoms with Crippen molar-refractivity contribution in [2.75, 3.05) is 12.1 Å². The second-order valence-corrected chi connectivity index (χ2v) is 8.01. The van der Waals surface area contributed by atoms with E-state index in [0.29, 0.717) is 6.54 Å². The van der Waals surface area contributed by atoms with Crippen molar-refractivity contribution in [1.29, 1.82) is 0 Å². The third-order valence-corrected chi connectivity index (χ3v) is 5.95. The molecule has 2 aromatic carbocycles. The molecular weight excluding hydrogens is 364 g/mol. The topological polar surface area (TPSA) is 67.9 Å². The maximum Gasteiger partial charge on any atom is 0.236 e. The Morgan fingerprint density at radius 3 is 2.67 bits per heavy atom. The van der Waals surface area contributed by atoms with Crippen LogP contribution in [0.2, 0.25) is 0 Å². The number of hydrogen-bond donors (Lipinski definition) is 1. The molecular formula is C20H20N2O4S. The SMILES string of the molecule is CC(=O)Nc1ccc([C@H]2S[C@H](C)C(=O)N2Cc2ccc3c(c2)OCO3)cc1. The van der Waals surface area contributed by atoms with Gasteiger partial charge in [-0.1, -0.05) is 18.2 Å². The molecule has 2 aromatic rings. The maximum atomic E-state index is 12.7. The van der Waals surface area contributed by atoms with E-state index >= 15 is 0 Å². The van der Waals surface area contributed by atoms with E-state index in [1.807, 2.05) is 54.3 Å². The summed E-state index contributed by atoms with van der Waals surface area (Å²) in [6, 6.07) is 13.4. The van der Waals surface area contributed by atoms with Crippen molar-refractivity contribution < 1.29 is 19.1 Å². The Morgan fingerprint density at radius 1 is 1.19 bits per heavy atom. The number of anilines is 1. The molecule has 0 spiro atoms. The molecule has 0 aliphatic carbocycles. The fourth-order valence-corrected chi connectivity index (χ4v) is 4.54. The number of thioether (sulfide) groups is 1. The van der Waals surface area contributed by atoms with Crippen LogP contribution in [0, 0.1) is 0 Å². The van der Waals surface area contributed by atoms with Gasteiger partial charge in [0, 0.05) is 19.2 Å². The number of nitrogens with zero attached hydrogens (tertiary/aromatic N) is 1. The van der Waals surface area contributed by atoms with Gasteiger partial charge in [-0.25, -0.2) is 0 Å². The monoisotopic (exact) mass is 384 g/mol. The van der Waals surface area contributed by atoms with Crippen LogP contribution in [0.3, 0.4) is 0 Å². The number of carbonyl (C=O) groups excluding carboxylic acids is 2. The molecule has 0 aromatic heterocycles. The second kappa shape index (κ2) is 7.15. The van der Waals surface area contributed by atoms with Crippen LogP contribution in [-0.4, -0.2) is 28.8 Å². The van der Waals surface area contributed by atoms with Crippen LogP contribution in [0.4, 0.5) is 5.69 Å². The maximum absolute atomic E-state index is 12.7. The molecule has 1 saturated heterocycles. The number of carbonyl (C=O) groups is 2. The zero-order valence-electron chi connectivity index (χ0n) is 15.1. The highest BCUT2D eigenvalue weighted by Gasteiger charge is 2.38. The Morgan fingerprint density at radius 2 is 1.93 bits per heavy atom. The Bertz CT molecular complexity index is 884. The van der Waals surface area contributed by atoms with Gasteiger partial charge in [0.05, 0.1) is 5.25 Å². The van der Waals surface area contributed by atoms with Crippen molar-refractivity contribution in [2.45, 2.75) is 31.0 Å². The van der Waals surface area contributed by atoms with Crippen LogP contribution >= 0.6 is 11.8 Å². The van der Waals surface area contributed by atoms with Gasteiger partial charge in [-0.2, -0.15) is 0 Å². The number of benzene rings is 2. The molecule has 0 unspecified atom stereocenters. The summed E-state index contributed by atoms with van der Waals surface area (Å²) in [5, 5.41) is 2.60. The fourth-order valence-electron chi connectivity index (χ4n) is 3.26. The lowest BCUT2D eigenvalue weighted by molar-refractivity contribution is -0.130.